The van der Waals surface area contributed by atoms with Crippen molar-refractivity contribution in [3.63, 3.8) is 0 Å². The lowest BCUT2D eigenvalue weighted by Crippen LogP contribution is -2.26. The zero-order chi connectivity index (χ0) is 10.4. The van der Waals surface area contributed by atoms with E-state index < -0.39 is 0 Å². The molecule has 1 heterocycles. The minimum atomic E-state index is 0.215. The summed E-state index contributed by atoms with van der Waals surface area (Å²) in [7, 11) is 0. The predicted octanol–water partition coefficient (Wildman–Crippen LogP) is 1.77. The van der Waals surface area contributed by atoms with Crippen LogP contribution in [0.5, 0.6) is 0 Å². The number of unbranched alkanes of at least 4 members (excludes halogenated alkanes) is 2. The van der Waals surface area contributed by atoms with Gasteiger partial charge in [-0.1, -0.05) is 0 Å². The largest absolute Gasteiger partial charge is 0.342 e. The summed E-state index contributed by atoms with van der Waals surface area (Å²) in [5.74, 6) is 1.12. The van der Waals surface area contributed by atoms with Crippen molar-refractivity contribution in [1.29, 1.82) is 5.26 Å². The van der Waals surface area contributed by atoms with Crippen molar-refractivity contribution in [3.05, 3.63) is 0 Å². The number of hydrogen-bond donors (Lipinski definition) is 0. The molecular weight excluding hydrogens is 200 g/mol. The van der Waals surface area contributed by atoms with Crippen molar-refractivity contribution in [3.8, 4) is 6.07 Å². The summed E-state index contributed by atoms with van der Waals surface area (Å²) in [6.07, 6.45) is 2.99. The van der Waals surface area contributed by atoms with Crippen molar-refractivity contribution >= 4 is 17.5 Å². The highest BCUT2D eigenvalue weighted by atomic mass is 35.5. The molecule has 3 nitrogen and oxygen atoms in total. The van der Waals surface area contributed by atoms with E-state index in [9.17, 15) is 4.79 Å². The van der Waals surface area contributed by atoms with Crippen LogP contribution < -0.4 is 0 Å². The van der Waals surface area contributed by atoms with E-state index in [1.807, 2.05) is 4.90 Å². The van der Waals surface area contributed by atoms with Crippen molar-refractivity contribution in [2.24, 2.45) is 5.92 Å². The molecule has 0 aliphatic carbocycles. The Hall–Kier alpha value is -0.750. The first-order valence-corrected chi connectivity index (χ1v) is 5.52. The van der Waals surface area contributed by atoms with Crippen LogP contribution in [-0.4, -0.2) is 29.8 Å². The summed E-state index contributed by atoms with van der Waals surface area (Å²) in [4.78, 5) is 13.3. The highest BCUT2D eigenvalue weighted by molar-refractivity contribution is 6.18. The fraction of sp³-hybridized carbons (Fsp3) is 0.800. The first kappa shape index (κ1) is 11.3. The van der Waals surface area contributed by atoms with Crippen LogP contribution in [-0.2, 0) is 4.79 Å². The van der Waals surface area contributed by atoms with Gasteiger partial charge in [0, 0.05) is 31.8 Å². The topological polar surface area (TPSA) is 44.1 Å². The molecule has 0 aromatic carbocycles. The van der Waals surface area contributed by atoms with Gasteiger partial charge in [-0.2, -0.15) is 5.26 Å². The zero-order valence-electron chi connectivity index (χ0n) is 8.21. The summed E-state index contributed by atoms with van der Waals surface area (Å²) >= 11 is 5.70. The van der Waals surface area contributed by atoms with Gasteiger partial charge in [0.1, 0.15) is 0 Å². The van der Waals surface area contributed by atoms with Crippen LogP contribution in [0.4, 0.5) is 0 Å². The van der Waals surface area contributed by atoms with E-state index in [-0.39, 0.29) is 5.91 Å². The van der Waals surface area contributed by atoms with Gasteiger partial charge in [0.15, 0.2) is 0 Å². The van der Waals surface area contributed by atoms with Gasteiger partial charge in [0.25, 0.3) is 0 Å². The Morgan fingerprint density at radius 3 is 2.93 bits per heavy atom. The van der Waals surface area contributed by atoms with Gasteiger partial charge in [-0.25, -0.2) is 0 Å². The number of nitriles is 1. The molecule has 1 amide bonds. The molecule has 1 aliphatic rings. The molecule has 1 unspecified atom stereocenters. The third kappa shape index (κ3) is 3.19. The molecule has 1 saturated heterocycles. The lowest BCUT2D eigenvalue weighted by atomic mass is 10.1. The Kier molecular flexibility index (Phi) is 4.75. The minimum absolute atomic E-state index is 0.215. The highest BCUT2D eigenvalue weighted by Gasteiger charge is 2.27. The van der Waals surface area contributed by atoms with Crippen LogP contribution in [0.3, 0.4) is 0 Å². The van der Waals surface area contributed by atoms with Gasteiger partial charge in [-0.3, -0.25) is 4.79 Å². The maximum absolute atomic E-state index is 11.4. The Labute approximate surface area is 89.6 Å². The van der Waals surface area contributed by atoms with Crippen molar-refractivity contribution in [2.45, 2.75) is 25.7 Å². The molecule has 0 spiro atoms. The van der Waals surface area contributed by atoms with Gasteiger partial charge in [0.05, 0.1) is 6.07 Å². The second-order valence-electron chi connectivity index (χ2n) is 3.68. The van der Waals surface area contributed by atoms with Gasteiger partial charge in [-0.05, 0) is 18.8 Å². The lowest BCUT2D eigenvalue weighted by molar-refractivity contribution is -0.127. The van der Waals surface area contributed by atoms with Crippen molar-refractivity contribution in [2.75, 3.05) is 19.0 Å². The standard InChI is InChI=1S/C10H15ClN2O/c11-7-9-6-10(14)13(8-9)5-3-1-2-4-12/h9H,1-3,5-8H2. The van der Waals surface area contributed by atoms with Crippen LogP contribution in [0.15, 0.2) is 0 Å². The second kappa shape index (κ2) is 5.87. The Bertz CT molecular complexity index is 237. The van der Waals surface area contributed by atoms with Crippen LogP contribution in [0.1, 0.15) is 25.7 Å². The quantitative estimate of drug-likeness (QED) is 0.517. The minimum Gasteiger partial charge on any atom is -0.342 e. The van der Waals surface area contributed by atoms with E-state index >= 15 is 0 Å². The molecule has 1 atom stereocenters. The van der Waals surface area contributed by atoms with E-state index in [1.165, 1.54) is 0 Å². The zero-order valence-corrected chi connectivity index (χ0v) is 8.96. The molecular formula is C10H15ClN2O. The molecule has 1 rings (SSSR count). The molecule has 1 aliphatic heterocycles. The summed E-state index contributed by atoms with van der Waals surface area (Å²) in [5.41, 5.74) is 0. The van der Waals surface area contributed by atoms with Crippen LogP contribution in [0.2, 0.25) is 0 Å². The molecule has 0 bridgehead atoms. The monoisotopic (exact) mass is 214 g/mol. The molecule has 1 fully saturated rings. The number of hydrogen-bond acceptors (Lipinski definition) is 2. The molecule has 0 aromatic heterocycles. The molecule has 78 valence electrons. The summed E-state index contributed by atoms with van der Waals surface area (Å²) in [6.45, 7) is 1.59. The average molecular weight is 215 g/mol. The molecule has 14 heavy (non-hydrogen) atoms. The third-order valence-electron chi connectivity index (χ3n) is 2.48. The Morgan fingerprint density at radius 1 is 1.57 bits per heavy atom. The van der Waals surface area contributed by atoms with Crippen LogP contribution >= 0.6 is 11.6 Å². The number of amides is 1. The number of carbonyl (C=O) groups is 1. The Balaban J connectivity index is 2.19. The second-order valence-corrected chi connectivity index (χ2v) is 3.99. The number of nitrogens with zero attached hydrogens (tertiary/aromatic N) is 2. The normalized spacial score (nSPS) is 21.3. The van der Waals surface area contributed by atoms with Gasteiger partial charge in [-0.15, -0.1) is 11.6 Å². The average Bonchev–Trinajstić information content (AvgIpc) is 2.54. The summed E-state index contributed by atoms with van der Waals surface area (Å²) < 4.78 is 0. The number of rotatable bonds is 5. The van der Waals surface area contributed by atoms with Gasteiger partial charge >= 0.3 is 0 Å². The number of halogens is 1. The SMILES string of the molecule is N#CCCCCN1CC(CCl)CC1=O. The number of carbonyl (C=O) groups excluding carboxylic acids is 1. The first-order valence-electron chi connectivity index (χ1n) is 4.98. The fourth-order valence-corrected chi connectivity index (χ4v) is 1.89. The number of likely N-dealkylation sites (tertiary alicyclic amines) is 1. The lowest BCUT2D eigenvalue weighted by Gasteiger charge is -2.15. The molecule has 0 N–H and O–H groups in total. The van der Waals surface area contributed by atoms with E-state index in [1.54, 1.807) is 0 Å². The van der Waals surface area contributed by atoms with Crippen LogP contribution in [0.25, 0.3) is 0 Å². The van der Waals surface area contributed by atoms with Crippen molar-refractivity contribution < 1.29 is 4.79 Å². The maximum atomic E-state index is 11.4. The first-order chi connectivity index (χ1) is 6.77. The van der Waals surface area contributed by atoms with E-state index in [0.717, 1.165) is 25.9 Å². The molecule has 0 aromatic rings. The predicted molar refractivity (Wildman–Crippen MR) is 54.9 cm³/mol. The molecule has 0 saturated carbocycles. The smallest absolute Gasteiger partial charge is 0.222 e. The van der Waals surface area contributed by atoms with E-state index in [0.29, 0.717) is 24.6 Å². The van der Waals surface area contributed by atoms with Crippen molar-refractivity contribution in [1.82, 2.24) is 4.90 Å². The number of alkyl halides is 1. The van der Waals surface area contributed by atoms with Crippen LogP contribution in [0, 0.1) is 17.2 Å². The van der Waals surface area contributed by atoms with E-state index in [4.69, 9.17) is 16.9 Å². The summed E-state index contributed by atoms with van der Waals surface area (Å²) in [6, 6.07) is 2.10. The third-order valence-corrected chi connectivity index (χ3v) is 2.92. The maximum Gasteiger partial charge on any atom is 0.222 e. The van der Waals surface area contributed by atoms with Gasteiger partial charge in [0.2, 0.25) is 5.91 Å². The summed E-state index contributed by atoms with van der Waals surface area (Å²) in [5, 5.41) is 8.34. The van der Waals surface area contributed by atoms with Gasteiger partial charge < -0.3 is 4.90 Å². The fourth-order valence-electron chi connectivity index (χ4n) is 1.68. The molecule has 4 heteroatoms. The van der Waals surface area contributed by atoms with E-state index in [2.05, 4.69) is 6.07 Å². The molecule has 0 radical (unpaired) electrons. The highest BCUT2D eigenvalue weighted by Crippen LogP contribution is 2.19. The Morgan fingerprint density at radius 2 is 2.36 bits per heavy atom.